The second kappa shape index (κ2) is 9.97. The number of rotatable bonds is 6. The Kier molecular flexibility index (Phi) is 7.33. The minimum atomic E-state index is -0.216. The number of hydrogen-bond acceptors (Lipinski definition) is 5. The Morgan fingerprint density at radius 3 is 2.56 bits per heavy atom. The van der Waals surface area contributed by atoms with Crippen LogP contribution in [0, 0.1) is 20.8 Å². The van der Waals surface area contributed by atoms with Crippen LogP contribution in [0.15, 0.2) is 42.7 Å². The number of amides is 1. The van der Waals surface area contributed by atoms with Gasteiger partial charge in [0.15, 0.2) is 0 Å². The number of aryl methyl sites for hydroxylation is 3. The molecule has 0 aliphatic carbocycles. The molecule has 0 unspecified atom stereocenters. The minimum Gasteiger partial charge on any atom is -0.358 e. The van der Waals surface area contributed by atoms with E-state index in [1.807, 2.05) is 51.1 Å². The summed E-state index contributed by atoms with van der Waals surface area (Å²) in [5, 5.41) is 7.77. The van der Waals surface area contributed by atoms with Crippen molar-refractivity contribution in [2.75, 3.05) is 11.9 Å². The predicted molar refractivity (Wildman–Crippen MR) is 130 cm³/mol. The van der Waals surface area contributed by atoms with E-state index in [-0.39, 0.29) is 18.3 Å². The number of aromatic nitrogens is 4. The molecule has 0 saturated carbocycles. The van der Waals surface area contributed by atoms with Crippen molar-refractivity contribution in [3.8, 4) is 0 Å². The molecule has 7 nitrogen and oxygen atoms in total. The highest BCUT2D eigenvalue weighted by Gasteiger charge is 2.11. The molecule has 0 spiro atoms. The van der Waals surface area contributed by atoms with Crippen LogP contribution in [0.25, 0.3) is 10.9 Å². The maximum Gasteiger partial charge on any atom is 0.254 e. The van der Waals surface area contributed by atoms with Gasteiger partial charge in [0.05, 0.1) is 5.56 Å². The zero-order chi connectivity index (χ0) is 22.0. The van der Waals surface area contributed by atoms with Gasteiger partial charge >= 0.3 is 0 Å². The summed E-state index contributed by atoms with van der Waals surface area (Å²) in [5.74, 6) is 0.843. The molecule has 0 atom stereocenters. The normalized spacial score (nSPS) is 10.6. The van der Waals surface area contributed by atoms with Gasteiger partial charge in [-0.3, -0.25) is 4.79 Å². The third-order valence-electron chi connectivity index (χ3n) is 4.99. The Labute approximate surface area is 197 Å². The number of pyridine rings is 1. The highest BCUT2D eigenvalue weighted by atomic mass is 35.5. The van der Waals surface area contributed by atoms with E-state index in [9.17, 15) is 4.79 Å². The summed E-state index contributed by atoms with van der Waals surface area (Å²) in [6, 6.07) is 9.68. The van der Waals surface area contributed by atoms with E-state index in [1.54, 1.807) is 0 Å². The third kappa shape index (κ3) is 5.36. The van der Waals surface area contributed by atoms with E-state index in [2.05, 4.69) is 30.6 Å². The summed E-state index contributed by atoms with van der Waals surface area (Å²) in [4.78, 5) is 28.7. The molecule has 0 bridgehead atoms. The van der Waals surface area contributed by atoms with Gasteiger partial charge in [0.25, 0.3) is 5.91 Å². The fourth-order valence-electron chi connectivity index (χ4n) is 3.61. The molecular formula is C23H24Cl2N6O. The van der Waals surface area contributed by atoms with E-state index in [0.29, 0.717) is 35.3 Å². The van der Waals surface area contributed by atoms with Crippen LogP contribution in [0.4, 0.5) is 11.8 Å². The smallest absolute Gasteiger partial charge is 0.254 e. The third-order valence-corrected chi connectivity index (χ3v) is 5.23. The summed E-state index contributed by atoms with van der Waals surface area (Å²) in [5.41, 5.74) is 5.67. The molecule has 166 valence electrons. The van der Waals surface area contributed by atoms with Gasteiger partial charge < -0.3 is 15.6 Å². The van der Waals surface area contributed by atoms with E-state index in [0.717, 1.165) is 33.4 Å². The van der Waals surface area contributed by atoms with Crippen LogP contribution in [0.1, 0.15) is 32.9 Å². The van der Waals surface area contributed by atoms with Crippen LogP contribution in [-0.4, -0.2) is 32.4 Å². The molecule has 1 aromatic carbocycles. The first-order chi connectivity index (χ1) is 14.9. The van der Waals surface area contributed by atoms with E-state index < -0.39 is 0 Å². The Bertz CT molecular complexity index is 1230. The van der Waals surface area contributed by atoms with Gasteiger partial charge in [0, 0.05) is 46.3 Å². The lowest BCUT2D eigenvalue weighted by atomic mass is 10.1. The van der Waals surface area contributed by atoms with E-state index >= 15 is 0 Å². The lowest BCUT2D eigenvalue weighted by Crippen LogP contribution is -2.26. The highest BCUT2D eigenvalue weighted by Crippen LogP contribution is 2.25. The van der Waals surface area contributed by atoms with Crippen molar-refractivity contribution >= 4 is 52.6 Å². The Hall–Kier alpha value is -3.16. The topological polar surface area (TPSA) is 95.6 Å². The fraction of sp³-hybridized carbons (Fsp3) is 0.217. The number of H-pyrrole nitrogens is 1. The first-order valence-corrected chi connectivity index (χ1v) is 10.4. The molecule has 3 N–H and O–H groups in total. The zero-order valence-corrected chi connectivity index (χ0v) is 19.6. The second-order valence-corrected chi connectivity index (χ2v) is 7.95. The van der Waals surface area contributed by atoms with Crippen molar-refractivity contribution in [3.05, 3.63) is 75.8 Å². The summed E-state index contributed by atoms with van der Waals surface area (Å²) >= 11 is 6.14. The number of nitrogens with zero attached hydrogens (tertiary/aromatic N) is 3. The van der Waals surface area contributed by atoms with Gasteiger partial charge in [0.1, 0.15) is 5.82 Å². The van der Waals surface area contributed by atoms with Crippen molar-refractivity contribution < 1.29 is 4.79 Å². The molecule has 0 radical (unpaired) electrons. The van der Waals surface area contributed by atoms with Crippen LogP contribution >= 0.6 is 24.0 Å². The molecule has 1 amide bonds. The Morgan fingerprint density at radius 2 is 1.84 bits per heavy atom. The lowest BCUT2D eigenvalue weighted by Gasteiger charge is -2.08. The Morgan fingerprint density at radius 1 is 1.09 bits per heavy atom. The molecule has 0 aliphatic rings. The van der Waals surface area contributed by atoms with Crippen molar-refractivity contribution in [1.82, 2.24) is 25.3 Å². The largest absolute Gasteiger partial charge is 0.358 e. The maximum atomic E-state index is 12.5. The van der Waals surface area contributed by atoms with Crippen LogP contribution in [0.2, 0.25) is 5.02 Å². The standard InChI is InChI=1S/C23H23ClN6O.ClH/c1-13-8-14(2)28-21(9-13)30-23-26-11-16(12-27-23)22(31)25-7-6-18-15(3)29-20-5-4-17(24)10-19(18)20;/h4-5,8-12,29H,6-7H2,1-3H3,(H,25,31)(H,26,27,28,30);1H. The summed E-state index contributed by atoms with van der Waals surface area (Å²) in [6.45, 7) is 6.44. The Balaban J connectivity index is 0.00000289. The summed E-state index contributed by atoms with van der Waals surface area (Å²) in [7, 11) is 0. The number of carbonyl (C=O) groups is 1. The molecule has 32 heavy (non-hydrogen) atoms. The molecular weight excluding hydrogens is 447 g/mol. The minimum absolute atomic E-state index is 0. The van der Waals surface area contributed by atoms with Gasteiger partial charge in [0.2, 0.25) is 5.95 Å². The molecule has 3 heterocycles. The monoisotopic (exact) mass is 470 g/mol. The molecule has 0 fully saturated rings. The fourth-order valence-corrected chi connectivity index (χ4v) is 3.78. The first-order valence-electron chi connectivity index (χ1n) is 9.98. The van der Waals surface area contributed by atoms with Crippen molar-refractivity contribution in [1.29, 1.82) is 0 Å². The van der Waals surface area contributed by atoms with Crippen molar-refractivity contribution in [3.63, 3.8) is 0 Å². The number of fused-ring (bicyclic) bond motifs is 1. The first kappa shape index (κ1) is 23.5. The van der Waals surface area contributed by atoms with Gasteiger partial charge in [-0.05, 0) is 68.7 Å². The average Bonchev–Trinajstić information content (AvgIpc) is 3.02. The van der Waals surface area contributed by atoms with Crippen LogP contribution < -0.4 is 10.6 Å². The molecule has 4 rings (SSSR count). The molecule has 9 heteroatoms. The average molecular weight is 471 g/mol. The van der Waals surface area contributed by atoms with Crippen molar-refractivity contribution in [2.24, 2.45) is 0 Å². The number of halogens is 2. The lowest BCUT2D eigenvalue weighted by molar-refractivity contribution is 0.0953. The predicted octanol–water partition coefficient (Wildman–Crippen LogP) is 5.07. The second-order valence-electron chi connectivity index (χ2n) is 7.52. The SMILES string of the molecule is Cc1cc(C)nc(Nc2ncc(C(=O)NCCc3c(C)[nH]c4ccc(Cl)cc34)cn2)c1.Cl. The van der Waals surface area contributed by atoms with Gasteiger partial charge in [-0.25, -0.2) is 15.0 Å². The van der Waals surface area contributed by atoms with Crippen LogP contribution in [0.5, 0.6) is 0 Å². The number of hydrogen-bond donors (Lipinski definition) is 3. The molecule has 4 aromatic rings. The van der Waals surface area contributed by atoms with Crippen LogP contribution in [-0.2, 0) is 6.42 Å². The van der Waals surface area contributed by atoms with E-state index in [1.165, 1.54) is 12.4 Å². The quantitative estimate of drug-likeness (QED) is 0.365. The van der Waals surface area contributed by atoms with E-state index in [4.69, 9.17) is 11.6 Å². The summed E-state index contributed by atoms with van der Waals surface area (Å²) < 4.78 is 0. The number of nitrogens with one attached hydrogen (secondary N) is 3. The molecule has 3 aromatic heterocycles. The number of carbonyl (C=O) groups excluding carboxylic acids is 1. The highest BCUT2D eigenvalue weighted by molar-refractivity contribution is 6.31. The van der Waals surface area contributed by atoms with Crippen molar-refractivity contribution in [2.45, 2.75) is 27.2 Å². The molecule has 0 saturated heterocycles. The number of benzene rings is 1. The number of anilines is 2. The number of aromatic amines is 1. The maximum absolute atomic E-state index is 12.5. The summed E-state index contributed by atoms with van der Waals surface area (Å²) in [6.07, 6.45) is 3.70. The van der Waals surface area contributed by atoms with Gasteiger partial charge in [-0.15, -0.1) is 12.4 Å². The zero-order valence-electron chi connectivity index (χ0n) is 18.0. The van der Waals surface area contributed by atoms with Crippen LogP contribution in [0.3, 0.4) is 0 Å². The van der Waals surface area contributed by atoms with Gasteiger partial charge in [-0.1, -0.05) is 11.6 Å². The molecule has 0 aliphatic heterocycles. The van der Waals surface area contributed by atoms with Gasteiger partial charge in [-0.2, -0.15) is 0 Å².